The summed E-state index contributed by atoms with van der Waals surface area (Å²) in [5, 5.41) is 2.18. The number of carbonyl (C=O) groups is 1. The van der Waals surface area contributed by atoms with E-state index in [1.54, 1.807) is 25.1 Å². The summed E-state index contributed by atoms with van der Waals surface area (Å²) < 4.78 is 78.5. The van der Waals surface area contributed by atoms with Gasteiger partial charge in [-0.1, -0.05) is 29.8 Å². The van der Waals surface area contributed by atoms with Crippen molar-refractivity contribution in [2.75, 3.05) is 30.4 Å². The molecule has 0 aliphatic rings. The van der Waals surface area contributed by atoms with Gasteiger partial charge in [0.05, 0.1) is 36.1 Å². The van der Waals surface area contributed by atoms with Crippen molar-refractivity contribution in [3.63, 3.8) is 0 Å². The Kier molecular flexibility index (Phi) is 7.59. The number of hydrogen-bond acceptors (Lipinski definition) is 5. The molecule has 3 aromatic carbocycles. The van der Waals surface area contributed by atoms with Crippen LogP contribution in [0.4, 0.5) is 24.5 Å². The Morgan fingerprint density at radius 1 is 0.971 bits per heavy atom. The number of carbonyl (C=O) groups excluding carboxylic acids is 1. The Hall–Kier alpha value is -3.73. The standard InChI is InChI=1S/C24H23F3N2O5S/c1-16-8-11-18(12-9-16)35(31,32)29(21-14-17(33-2)10-13-22(21)34-3)15-23(30)28-20-7-5-4-6-19(20)24(25,26)27/h4-14H,15H2,1-3H3,(H,28,30). The molecule has 0 radical (unpaired) electrons. The quantitative estimate of drug-likeness (QED) is 0.470. The van der Waals surface area contributed by atoms with Crippen molar-refractivity contribution in [1.82, 2.24) is 0 Å². The maximum atomic E-state index is 13.6. The summed E-state index contributed by atoms with van der Waals surface area (Å²) in [4.78, 5) is 12.8. The molecule has 11 heteroatoms. The zero-order chi connectivity index (χ0) is 25.8. The average molecular weight is 509 g/mol. The lowest BCUT2D eigenvalue weighted by Gasteiger charge is -2.26. The molecule has 0 atom stereocenters. The minimum atomic E-state index is -4.71. The van der Waals surface area contributed by atoms with Crippen molar-refractivity contribution in [2.45, 2.75) is 18.0 Å². The van der Waals surface area contributed by atoms with Gasteiger partial charge in [-0.25, -0.2) is 8.42 Å². The summed E-state index contributed by atoms with van der Waals surface area (Å²) in [6, 6.07) is 14.7. The van der Waals surface area contributed by atoms with Crippen LogP contribution in [0.25, 0.3) is 0 Å². The van der Waals surface area contributed by atoms with E-state index in [0.717, 1.165) is 22.0 Å². The summed E-state index contributed by atoms with van der Waals surface area (Å²) in [5.41, 5.74) is -0.752. The van der Waals surface area contributed by atoms with Gasteiger partial charge in [-0.3, -0.25) is 9.10 Å². The molecule has 0 bridgehead atoms. The van der Waals surface area contributed by atoms with Crippen LogP contribution in [0, 0.1) is 6.92 Å². The fourth-order valence-electron chi connectivity index (χ4n) is 3.29. The highest BCUT2D eigenvalue weighted by molar-refractivity contribution is 7.92. The Morgan fingerprint density at radius 2 is 1.63 bits per heavy atom. The number of rotatable bonds is 8. The third-order valence-electron chi connectivity index (χ3n) is 5.06. The highest BCUT2D eigenvalue weighted by atomic mass is 32.2. The number of para-hydroxylation sites is 1. The summed E-state index contributed by atoms with van der Waals surface area (Å²) >= 11 is 0. The first-order chi connectivity index (χ1) is 16.5. The van der Waals surface area contributed by atoms with E-state index >= 15 is 0 Å². The molecule has 0 aliphatic carbocycles. The van der Waals surface area contributed by atoms with Crippen LogP contribution < -0.4 is 19.1 Å². The third-order valence-corrected chi connectivity index (χ3v) is 6.83. The van der Waals surface area contributed by atoms with Crippen LogP contribution in [0.15, 0.2) is 71.6 Å². The molecule has 0 unspecified atom stereocenters. The van der Waals surface area contributed by atoms with Crippen LogP contribution in [0.5, 0.6) is 11.5 Å². The zero-order valence-corrected chi connectivity index (χ0v) is 19.9. The number of amides is 1. The number of nitrogens with one attached hydrogen (secondary N) is 1. The van der Waals surface area contributed by atoms with Crippen LogP contribution in [0.1, 0.15) is 11.1 Å². The highest BCUT2D eigenvalue weighted by Gasteiger charge is 2.34. The normalized spacial score (nSPS) is 11.6. The summed E-state index contributed by atoms with van der Waals surface area (Å²) in [6.07, 6.45) is -4.71. The van der Waals surface area contributed by atoms with Gasteiger partial charge in [0.15, 0.2) is 0 Å². The first-order valence-electron chi connectivity index (χ1n) is 10.2. The van der Waals surface area contributed by atoms with Crippen molar-refractivity contribution in [3.05, 3.63) is 77.9 Å². The lowest BCUT2D eigenvalue weighted by Crippen LogP contribution is -2.38. The smallest absolute Gasteiger partial charge is 0.418 e. The van der Waals surface area contributed by atoms with Crippen LogP contribution in [-0.2, 0) is 21.0 Å². The van der Waals surface area contributed by atoms with E-state index in [2.05, 4.69) is 5.32 Å². The monoisotopic (exact) mass is 508 g/mol. The molecule has 3 aromatic rings. The Labute approximate surface area is 201 Å². The lowest BCUT2D eigenvalue weighted by molar-refractivity contribution is -0.137. The molecule has 0 saturated carbocycles. The predicted octanol–water partition coefficient (Wildman–Crippen LogP) is 4.87. The summed E-state index contributed by atoms with van der Waals surface area (Å²) in [7, 11) is -1.64. The van der Waals surface area contributed by atoms with Crippen LogP contribution in [-0.4, -0.2) is 35.1 Å². The Balaban J connectivity index is 2.07. The number of sulfonamides is 1. The van der Waals surface area contributed by atoms with Gasteiger partial charge >= 0.3 is 6.18 Å². The number of methoxy groups -OCH3 is 2. The average Bonchev–Trinajstić information content (AvgIpc) is 2.82. The number of benzene rings is 3. The van der Waals surface area contributed by atoms with Gasteiger partial charge in [0.25, 0.3) is 10.0 Å². The molecule has 1 amide bonds. The van der Waals surface area contributed by atoms with Gasteiger partial charge < -0.3 is 14.8 Å². The largest absolute Gasteiger partial charge is 0.497 e. The fourth-order valence-corrected chi connectivity index (χ4v) is 4.71. The third kappa shape index (κ3) is 5.86. The molecule has 0 aliphatic heterocycles. The summed E-state index contributed by atoms with van der Waals surface area (Å²) in [6.45, 7) is 0.955. The molecule has 0 heterocycles. The van der Waals surface area contributed by atoms with Crippen molar-refractivity contribution in [3.8, 4) is 11.5 Å². The molecule has 0 aromatic heterocycles. The van der Waals surface area contributed by atoms with E-state index in [1.807, 2.05) is 0 Å². The molecular weight excluding hydrogens is 485 g/mol. The number of ether oxygens (including phenoxy) is 2. The maximum Gasteiger partial charge on any atom is 0.418 e. The SMILES string of the molecule is COc1ccc(OC)c(N(CC(=O)Nc2ccccc2C(F)(F)F)S(=O)(=O)c2ccc(C)cc2)c1. The van der Waals surface area contributed by atoms with Gasteiger partial charge in [0, 0.05) is 6.07 Å². The molecular formula is C24H23F3N2O5S. The number of aryl methyl sites for hydroxylation is 1. The molecule has 0 saturated heterocycles. The minimum absolute atomic E-state index is 0.0216. The van der Waals surface area contributed by atoms with Crippen molar-refractivity contribution < 1.29 is 35.9 Å². The second-order valence-electron chi connectivity index (χ2n) is 7.45. The number of alkyl halides is 3. The summed E-state index contributed by atoms with van der Waals surface area (Å²) in [5.74, 6) is -0.583. The van der Waals surface area contributed by atoms with Crippen molar-refractivity contribution in [2.24, 2.45) is 0 Å². The van der Waals surface area contributed by atoms with Crippen LogP contribution in [0.2, 0.25) is 0 Å². The second-order valence-corrected chi connectivity index (χ2v) is 9.32. The zero-order valence-electron chi connectivity index (χ0n) is 19.1. The van der Waals surface area contributed by atoms with E-state index in [1.165, 1.54) is 50.6 Å². The maximum absolute atomic E-state index is 13.6. The molecule has 0 fully saturated rings. The highest BCUT2D eigenvalue weighted by Crippen LogP contribution is 2.37. The molecule has 7 nitrogen and oxygen atoms in total. The number of anilines is 2. The minimum Gasteiger partial charge on any atom is -0.497 e. The predicted molar refractivity (Wildman–Crippen MR) is 125 cm³/mol. The first-order valence-corrected chi connectivity index (χ1v) is 11.7. The van der Waals surface area contributed by atoms with Gasteiger partial charge in [0.2, 0.25) is 5.91 Å². The van der Waals surface area contributed by atoms with Crippen LogP contribution >= 0.6 is 0 Å². The van der Waals surface area contributed by atoms with E-state index in [4.69, 9.17) is 9.47 Å². The van der Waals surface area contributed by atoms with Crippen molar-refractivity contribution >= 4 is 27.3 Å². The van der Waals surface area contributed by atoms with Gasteiger partial charge in [-0.05, 0) is 43.3 Å². The Bertz CT molecular complexity index is 1310. The lowest BCUT2D eigenvalue weighted by atomic mass is 10.1. The Morgan fingerprint density at radius 3 is 2.23 bits per heavy atom. The molecule has 35 heavy (non-hydrogen) atoms. The molecule has 3 rings (SSSR count). The van der Waals surface area contributed by atoms with Gasteiger partial charge in [-0.15, -0.1) is 0 Å². The van der Waals surface area contributed by atoms with E-state index in [0.29, 0.717) is 0 Å². The fraction of sp³-hybridized carbons (Fsp3) is 0.208. The molecule has 0 spiro atoms. The number of nitrogens with zero attached hydrogens (tertiary/aromatic N) is 1. The molecule has 1 N–H and O–H groups in total. The second kappa shape index (κ2) is 10.3. The van der Waals surface area contributed by atoms with Gasteiger partial charge in [-0.2, -0.15) is 13.2 Å². The topological polar surface area (TPSA) is 84.9 Å². The van der Waals surface area contributed by atoms with Crippen molar-refractivity contribution in [1.29, 1.82) is 0 Å². The van der Waals surface area contributed by atoms with E-state index < -0.39 is 39.9 Å². The molecule has 186 valence electrons. The van der Waals surface area contributed by atoms with Gasteiger partial charge in [0.1, 0.15) is 18.0 Å². The van der Waals surface area contributed by atoms with E-state index in [9.17, 15) is 26.4 Å². The van der Waals surface area contributed by atoms with Crippen LogP contribution in [0.3, 0.4) is 0 Å². The first kappa shape index (κ1) is 25.9. The van der Waals surface area contributed by atoms with E-state index in [-0.39, 0.29) is 22.1 Å². The number of halogens is 3. The number of hydrogen-bond donors (Lipinski definition) is 1.